The molecule has 3 aromatic heterocycles. The van der Waals surface area contributed by atoms with Gasteiger partial charge in [0.2, 0.25) is 5.91 Å². The first-order valence-electron chi connectivity index (χ1n) is 9.96. The van der Waals surface area contributed by atoms with Crippen LogP contribution < -0.4 is 10.5 Å². The fraction of sp³-hybridized carbons (Fsp3) is 0.273. The number of nitrogens with one attached hydrogen (secondary N) is 1. The number of aromatic amines is 1. The molecule has 0 atom stereocenters. The second-order valence-corrected chi connectivity index (χ2v) is 8.34. The van der Waals surface area contributed by atoms with Crippen LogP contribution in [0.5, 0.6) is 5.75 Å². The van der Waals surface area contributed by atoms with E-state index in [1.165, 1.54) is 12.4 Å². The van der Waals surface area contributed by atoms with Crippen molar-refractivity contribution in [3.05, 3.63) is 42.7 Å². The summed E-state index contributed by atoms with van der Waals surface area (Å²) in [6.07, 6.45) is 5.10. The molecule has 4 aromatic rings. The van der Waals surface area contributed by atoms with Gasteiger partial charge in [0, 0.05) is 13.1 Å². The summed E-state index contributed by atoms with van der Waals surface area (Å²) < 4.78 is 6.58. The summed E-state index contributed by atoms with van der Waals surface area (Å²) in [6, 6.07) is 6.27. The number of methoxy groups -OCH3 is 1. The van der Waals surface area contributed by atoms with E-state index >= 15 is 0 Å². The van der Waals surface area contributed by atoms with Crippen molar-refractivity contribution in [2.75, 3.05) is 25.9 Å². The molecule has 1 aromatic carbocycles. The number of amides is 1. The zero-order chi connectivity index (χ0) is 22.0. The third-order valence-electron chi connectivity index (χ3n) is 5.17. The lowest BCUT2D eigenvalue weighted by molar-refractivity contribution is -0.124. The number of carbonyl (C=O) groups is 1. The number of carbonyl (C=O) groups excluding carboxylic acids is 1. The van der Waals surface area contributed by atoms with Crippen LogP contribution >= 0.6 is 11.3 Å². The van der Waals surface area contributed by atoms with E-state index in [4.69, 9.17) is 10.5 Å². The van der Waals surface area contributed by atoms with Gasteiger partial charge in [-0.05, 0) is 48.9 Å². The number of aryl methyl sites for hydroxylation is 1. The summed E-state index contributed by atoms with van der Waals surface area (Å²) >= 11 is 1.63. The van der Waals surface area contributed by atoms with Crippen molar-refractivity contribution in [3.8, 4) is 16.3 Å². The van der Waals surface area contributed by atoms with E-state index in [0.29, 0.717) is 11.5 Å². The monoisotopic (exact) mass is 436 g/mol. The largest absolute Gasteiger partial charge is 0.495 e. The number of benzene rings is 1. The summed E-state index contributed by atoms with van der Waals surface area (Å²) in [4.78, 5) is 21.9. The summed E-state index contributed by atoms with van der Waals surface area (Å²) in [5.74, 6) is 1.38. The topological polar surface area (TPSA) is 110 Å². The molecule has 3 N–H and O–H groups in total. The van der Waals surface area contributed by atoms with Gasteiger partial charge in [-0.1, -0.05) is 12.6 Å². The van der Waals surface area contributed by atoms with E-state index in [0.717, 1.165) is 63.3 Å². The average molecular weight is 437 g/mol. The Hall–Kier alpha value is -3.46. The van der Waals surface area contributed by atoms with E-state index in [1.54, 1.807) is 18.4 Å². The molecule has 1 saturated heterocycles. The number of hydrogen-bond acceptors (Lipinski definition) is 7. The maximum atomic E-state index is 10.8. The van der Waals surface area contributed by atoms with Crippen LogP contribution in [0.4, 0.5) is 5.82 Å². The molecule has 1 fully saturated rings. The maximum absolute atomic E-state index is 10.8. The number of rotatable bonds is 3. The highest BCUT2D eigenvalue weighted by molar-refractivity contribution is 7.22. The molecular weight excluding hydrogens is 412 g/mol. The number of aromatic nitrogens is 4. The molecule has 1 aliphatic rings. The van der Waals surface area contributed by atoms with Crippen LogP contribution in [0.1, 0.15) is 18.4 Å². The summed E-state index contributed by atoms with van der Waals surface area (Å²) in [7, 11) is 1.69. The van der Waals surface area contributed by atoms with Gasteiger partial charge >= 0.3 is 0 Å². The number of nitrogen functional groups attached to an aromatic ring is 1. The molecule has 8 nitrogen and oxygen atoms in total. The number of anilines is 1. The molecule has 0 radical (unpaired) electrons. The Balaban J connectivity index is 0.000000217. The van der Waals surface area contributed by atoms with Gasteiger partial charge in [-0.25, -0.2) is 9.97 Å². The molecule has 160 valence electrons. The van der Waals surface area contributed by atoms with Crippen LogP contribution in [0, 0.1) is 6.92 Å². The molecule has 1 aliphatic heterocycles. The smallest absolute Gasteiger partial charge is 0.245 e. The first-order chi connectivity index (χ1) is 15.0. The van der Waals surface area contributed by atoms with E-state index in [-0.39, 0.29) is 5.91 Å². The minimum absolute atomic E-state index is 0.0764. The second-order valence-electron chi connectivity index (χ2n) is 7.29. The highest BCUT2D eigenvalue weighted by Gasteiger charge is 2.16. The minimum atomic E-state index is 0.0764. The lowest BCUT2D eigenvalue weighted by Gasteiger charge is -2.10. The van der Waals surface area contributed by atoms with Crippen molar-refractivity contribution in [3.63, 3.8) is 0 Å². The molecule has 5 rings (SSSR count). The molecule has 4 heterocycles. The van der Waals surface area contributed by atoms with Gasteiger partial charge in [0.15, 0.2) is 5.65 Å². The van der Waals surface area contributed by atoms with Gasteiger partial charge in [-0.3, -0.25) is 9.89 Å². The predicted octanol–water partition coefficient (Wildman–Crippen LogP) is 3.93. The summed E-state index contributed by atoms with van der Waals surface area (Å²) in [5.41, 5.74) is 8.55. The summed E-state index contributed by atoms with van der Waals surface area (Å²) in [5, 5.41) is 9.12. The van der Waals surface area contributed by atoms with Crippen LogP contribution in [-0.4, -0.2) is 51.2 Å². The maximum Gasteiger partial charge on any atom is 0.245 e. The van der Waals surface area contributed by atoms with E-state index in [1.807, 2.05) is 11.0 Å². The normalized spacial score (nSPS) is 13.3. The van der Waals surface area contributed by atoms with Crippen molar-refractivity contribution in [2.45, 2.75) is 19.8 Å². The van der Waals surface area contributed by atoms with Crippen LogP contribution in [0.2, 0.25) is 0 Å². The predicted molar refractivity (Wildman–Crippen MR) is 124 cm³/mol. The van der Waals surface area contributed by atoms with E-state index < -0.39 is 0 Å². The number of hydrogen-bond donors (Lipinski definition) is 2. The van der Waals surface area contributed by atoms with Crippen LogP contribution in [0.3, 0.4) is 0 Å². The standard InChI is InChI=1S/C15H13N5OS.C7H11NO/c1-7-3-8-5-10(22-13(8)9(4-7)21-2)12-11-14(16)17-6-18-15(11)20-19-12;1-2-7(9)8-5-3-4-6-8/h3-6H,1-2H3,(H3,16,17,18,19,20);2H,1,3-6H2. The third-order valence-corrected chi connectivity index (χ3v) is 6.35. The molecule has 0 aliphatic carbocycles. The number of nitrogens with two attached hydrogens (primary N) is 1. The van der Waals surface area contributed by atoms with Gasteiger partial charge in [0.1, 0.15) is 17.9 Å². The van der Waals surface area contributed by atoms with Gasteiger partial charge in [-0.2, -0.15) is 5.10 Å². The molecule has 0 unspecified atom stereocenters. The average Bonchev–Trinajstić information content (AvgIpc) is 3.52. The highest BCUT2D eigenvalue weighted by Crippen LogP contribution is 2.41. The molecule has 9 heteroatoms. The van der Waals surface area contributed by atoms with E-state index in [9.17, 15) is 4.79 Å². The Bertz CT molecular complexity index is 1260. The number of thiophene rings is 1. The molecule has 31 heavy (non-hydrogen) atoms. The fourth-order valence-corrected chi connectivity index (χ4v) is 4.80. The van der Waals surface area contributed by atoms with Gasteiger partial charge in [-0.15, -0.1) is 11.3 Å². The Labute approximate surface area is 183 Å². The zero-order valence-corrected chi connectivity index (χ0v) is 18.3. The van der Waals surface area contributed by atoms with E-state index in [2.05, 4.69) is 45.8 Å². The van der Waals surface area contributed by atoms with Crippen molar-refractivity contribution in [1.29, 1.82) is 0 Å². The minimum Gasteiger partial charge on any atom is -0.495 e. The van der Waals surface area contributed by atoms with Gasteiger partial charge in [0.05, 0.1) is 27.8 Å². The zero-order valence-electron chi connectivity index (χ0n) is 17.5. The molecular formula is C22H24N6O2S. The molecule has 0 spiro atoms. The van der Waals surface area contributed by atoms with Crippen LogP contribution in [0.15, 0.2) is 37.2 Å². The summed E-state index contributed by atoms with van der Waals surface area (Å²) in [6.45, 7) is 7.31. The van der Waals surface area contributed by atoms with Crippen molar-refractivity contribution in [1.82, 2.24) is 25.1 Å². The SMILES string of the molecule is C=CC(=O)N1CCCC1.COc1cc(C)cc2cc(-c3[nH]nc4ncnc(N)c34)sc12. The first kappa shape index (κ1) is 20.8. The fourth-order valence-electron chi connectivity index (χ4n) is 3.66. The number of likely N-dealkylation sites (tertiary alicyclic amines) is 1. The Morgan fingerprint density at radius 2 is 2.06 bits per heavy atom. The van der Waals surface area contributed by atoms with Crippen LogP contribution in [0.25, 0.3) is 31.7 Å². The van der Waals surface area contributed by atoms with Crippen molar-refractivity contribution in [2.24, 2.45) is 0 Å². The van der Waals surface area contributed by atoms with Crippen LogP contribution in [-0.2, 0) is 4.79 Å². The number of ether oxygens (including phenoxy) is 1. The van der Waals surface area contributed by atoms with Crippen molar-refractivity contribution < 1.29 is 9.53 Å². The lowest BCUT2D eigenvalue weighted by atomic mass is 10.1. The second kappa shape index (κ2) is 8.73. The third kappa shape index (κ3) is 4.09. The first-order valence-corrected chi connectivity index (χ1v) is 10.8. The van der Waals surface area contributed by atoms with Gasteiger partial charge in [0.25, 0.3) is 0 Å². The molecule has 0 saturated carbocycles. The molecule has 1 amide bonds. The highest BCUT2D eigenvalue weighted by atomic mass is 32.1. The Morgan fingerprint density at radius 1 is 1.29 bits per heavy atom. The molecule has 0 bridgehead atoms. The number of nitrogens with zero attached hydrogens (tertiary/aromatic N) is 4. The Morgan fingerprint density at radius 3 is 2.77 bits per heavy atom. The number of H-pyrrole nitrogens is 1. The Kier molecular flexibility index (Phi) is 5.85. The van der Waals surface area contributed by atoms with Crippen molar-refractivity contribution >= 4 is 44.2 Å². The lowest BCUT2D eigenvalue weighted by Crippen LogP contribution is -2.25. The quantitative estimate of drug-likeness (QED) is 0.471. The van der Waals surface area contributed by atoms with Gasteiger partial charge < -0.3 is 15.4 Å². The number of fused-ring (bicyclic) bond motifs is 2.